The average Bonchev–Trinajstić information content (AvgIpc) is 3.51. The van der Waals surface area contributed by atoms with Crippen LogP contribution in [0.25, 0.3) is 10.9 Å². The van der Waals surface area contributed by atoms with E-state index in [2.05, 4.69) is 9.88 Å². The normalized spacial score (nSPS) is 17.5. The third-order valence-corrected chi connectivity index (χ3v) is 6.66. The predicted molar refractivity (Wildman–Crippen MR) is 126 cm³/mol. The molecule has 1 aliphatic heterocycles. The Hall–Kier alpha value is -2.64. The van der Waals surface area contributed by atoms with Crippen LogP contribution in [0, 0.1) is 17.6 Å². The number of benzene rings is 2. The Kier molecular flexibility index (Phi) is 6.91. The number of amides is 1. The van der Waals surface area contributed by atoms with Gasteiger partial charge in [0.05, 0.1) is 0 Å². The summed E-state index contributed by atoms with van der Waals surface area (Å²) in [6, 6.07) is 7.60. The molecule has 1 aliphatic carbocycles. The molecule has 33 heavy (non-hydrogen) atoms. The van der Waals surface area contributed by atoms with Gasteiger partial charge in [-0.1, -0.05) is 0 Å². The number of hydrogen-bond acceptors (Lipinski definition) is 3. The SMILES string of the molecule is Cl.NC(=O)c1ccc(F)c2c1CC(N(CCCc1c[nH]c3cc(F)ccc13)CC1CC1)CO2. The zero-order chi connectivity index (χ0) is 22.2. The van der Waals surface area contributed by atoms with Crippen LogP contribution in [0.2, 0.25) is 0 Å². The number of aromatic nitrogens is 1. The first-order valence-corrected chi connectivity index (χ1v) is 11.2. The first kappa shape index (κ1) is 23.5. The number of nitrogens with two attached hydrogens (primary N) is 1. The number of primary amides is 1. The second kappa shape index (κ2) is 9.69. The fourth-order valence-electron chi connectivity index (χ4n) is 4.79. The van der Waals surface area contributed by atoms with E-state index in [1.165, 1.54) is 42.7 Å². The number of carbonyl (C=O) groups excluding carboxylic acids is 1. The lowest BCUT2D eigenvalue weighted by Gasteiger charge is -2.36. The minimum Gasteiger partial charge on any atom is -0.489 e. The zero-order valence-corrected chi connectivity index (χ0v) is 19.1. The molecule has 1 aromatic heterocycles. The van der Waals surface area contributed by atoms with Gasteiger partial charge in [0, 0.05) is 40.8 Å². The topological polar surface area (TPSA) is 71.4 Å². The Morgan fingerprint density at radius 3 is 2.79 bits per heavy atom. The minimum atomic E-state index is -0.560. The smallest absolute Gasteiger partial charge is 0.249 e. The highest BCUT2D eigenvalue weighted by Gasteiger charge is 2.33. The molecule has 1 atom stereocenters. The van der Waals surface area contributed by atoms with E-state index < -0.39 is 11.7 Å². The number of H-pyrrole nitrogens is 1. The van der Waals surface area contributed by atoms with Gasteiger partial charge in [-0.05, 0) is 80.5 Å². The number of rotatable bonds is 8. The van der Waals surface area contributed by atoms with Crippen molar-refractivity contribution >= 4 is 29.2 Å². The number of nitrogens with zero attached hydrogens (tertiary/aromatic N) is 1. The van der Waals surface area contributed by atoms with Crippen LogP contribution < -0.4 is 10.5 Å². The Bertz CT molecular complexity index is 1160. The molecule has 1 amide bonds. The highest BCUT2D eigenvalue weighted by Crippen LogP contribution is 2.35. The van der Waals surface area contributed by atoms with E-state index in [0.29, 0.717) is 30.1 Å². The van der Waals surface area contributed by atoms with Crippen LogP contribution in [-0.2, 0) is 12.8 Å². The summed E-state index contributed by atoms with van der Waals surface area (Å²) in [5.74, 6) is -0.403. The molecule has 3 aromatic rings. The first-order valence-electron chi connectivity index (χ1n) is 11.2. The summed E-state index contributed by atoms with van der Waals surface area (Å²) < 4.78 is 33.5. The van der Waals surface area contributed by atoms with Gasteiger partial charge in [-0.25, -0.2) is 8.78 Å². The molecule has 1 unspecified atom stereocenters. The third kappa shape index (κ3) is 4.99. The molecular formula is C25H28ClF2N3O2. The standard InChI is InChI=1S/C25H27F2N3O2.ClH/c26-17-5-6-19-16(12-29-23(19)10-17)2-1-9-30(13-15-3-4-15)18-11-21-20(25(28)31)7-8-22(27)24(21)32-14-18;/h5-8,10,12,15,18,29H,1-4,9,11,13-14H2,(H2,28,31);1H. The van der Waals surface area contributed by atoms with Crippen molar-refractivity contribution in [2.75, 3.05) is 19.7 Å². The highest BCUT2D eigenvalue weighted by molar-refractivity contribution is 5.95. The molecule has 176 valence electrons. The lowest BCUT2D eigenvalue weighted by Crippen LogP contribution is -2.45. The van der Waals surface area contributed by atoms with E-state index in [0.717, 1.165) is 36.8 Å². The van der Waals surface area contributed by atoms with Crippen molar-refractivity contribution in [2.45, 2.75) is 38.1 Å². The number of hydrogen-bond donors (Lipinski definition) is 2. The molecule has 0 bridgehead atoms. The molecule has 1 saturated carbocycles. The monoisotopic (exact) mass is 475 g/mol. The number of aryl methyl sites for hydroxylation is 1. The van der Waals surface area contributed by atoms with Crippen LogP contribution in [0.4, 0.5) is 8.78 Å². The van der Waals surface area contributed by atoms with Crippen molar-refractivity contribution < 1.29 is 18.3 Å². The van der Waals surface area contributed by atoms with Gasteiger partial charge in [-0.3, -0.25) is 9.69 Å². The van der Waals surface area contributed by atoms with E-state index >= 15 is 0 Å². The lowest BCUT2D eigenvalue weighted by atomic mass is 9.95. The van der Waals surface area contributed by atoms with E-state index in [1.54, 1.807) is 0 Å². The Morgan fingerprint density at radius 1 is 1.21 bits per heavy atom. The van der Waals surface area contributed by atoms with Crippen LogP contribution in [0.3, 0.4) is 0 Å². The van der Waals surface area contributed by atoms with E-state index in [1.807, 2.05) is 12.3 Å². The number of ether oxygens (including phenoxy) is 1. The molecule has 5 nitrogen and oxygen atoms in total. The molecule has 0 spiro atoms. The zero-order valence-electron chi connectivity index (χ0n) is 18.3. The number of halogens is 3. The summed E-state index contributed by atoms with van der Waals surface area (Å²) in [4.78, 5) is 17.5. The second-order valence-corrected chi connectivity index (χ2v) is 8.98. The minimum absolute atomic E-state index is 0. The van der Waals surface area contributed by atoms with Crippen LogP contribution in [0.5, 0.6) is 5.75 Å². The molecule has 1 fully saturated rings. The van der Waals surface area contributed by atoms with Crippen LogP contribution in [0.1, 0.15) is 40.7 Å². The Labute approximate surface area is 197 Å². The largest absolute Gasteiger partial charge is 0.489 e. The van der Waals surface area contributed by atoms with Gasteiger partial charge in [0.25, 0.3) is 0 Å². The molecule has 2 heterocycles. The molecular weight excluding hydrogens is 448 g/mol. The summed E-state index contributed by atoms with van der Waals surface area (Å²) in [5.41, 5.74) is 8.43. The van der Waals surface area contributed by atoms with Crippen molar-refractivity contribution in [2.24, 2.45) is 11.7 Å². The molecule has 5 rings (SSSR count). The molecule has 2 aromatic carbocycles. The van der Waals surface area contributed by atoms with Crippen LogP contribution in [-0.4, -0.2) is 41.5 Å². The van der Waals surface area contributed by atoms with Gasteiger partial charge >= 0.3 is 0 Å². The van der Waals surface area contributed by atoms with Gasteiger partial charge in [-0.15, -0.1) is 12.4 Å². The average molecular weight is 476 g/mol. The number of aromatic amines is 1. The van der Waals surface area contributed by atoms with Gasteiger partial charge in [-0.2, -0.15) is 0 Å². The number of nitrogens with one attached hydrogen (secondary N) is 1. The first-order chi connectivity index (χ1) is 15.5. The Morgan fingerprint density at radius 2 is 2.03 bits per heavy atom. The highest BCUT2D eigenvalue weighted by atomic mass is 35.5. The van der Waals surface area contributed by atoms with E-state index in [9.17, 15) is 13.6 Å². The number of fused-ring (bicyclic) bond motifs is 2. The summed E-state index contributed by atoms with van der Waals surface area (Å²) in [7, 11) is 0. The summed E-state index contributed by atoms with van der Waals surface area (Å²) in [6.07, 6.45) is 6.78. The Balaban J connectivity index is 0.00000259. The molecule has 2 aliphatic rings. The maximum absolute atomic E-state index is 14.3. The summed E-state index contributed by atoms with van der Waals surface area (Å²) >= 11 is 0. The molecule has 0 radical (unpaired) electrons. The third-order valence-electron chi connectivity index (χ3n) is 6.66. The lowest BCUT2D eigenvalue weighted by molar-refractivity contribution is 0.0980. The van der Waals surface area contributed by atoms with Crippen molar-refractivity contribution in [3.8, 4) is 5.75 Å². The predicted octanol–water partition coefficient (Wildman–Crippen LogP) is 4.62. The molecule has 8 heteroatoms. The van der Waals surface area contributed by atoms with Crippen LogP contribution >= 0.6 is 12.4 Å². The second-order valence-electron chi connectivity index (χ2n) is 8.98. The fraction of sp³-hybridized carbons (Fsp3) is 0.400. The van der Waals surface area contributed by atoms with Crippen molar-refractivity contribution in [1.82, 2.24) is 9.88 Å². The van der Waals surface area contributed by atoms with Gasteiger partial charge in [0.1, 0.15) is 12.4 Å². The van der Waals surface area contributed by atoms with Crippen molar-refractivity contribution in [1.29, 1.82) is 0 Å². The van der Waals surface area contributed by atoms with Gasteiger partial charge in [0.2, 0.25) is 5.91 Å². The maximum atomic E-state index is 14.3. The molecule has 3 N–H and O–H groups in total. The maximum Gasteiger partial charge on any atom is 0.249 e. The quantitative estimate of drug-likeness (QED) is 0.499. The van der Waals surface area contributed by atoms with E-state index in [4.69, 9.17) is 10.5 Å². The van der Waals surface area contributed by atoms with Gasteiger partial charge in [0.15, 0.2) is 11.6 Å². The molecule has 0 saturated heterocycles. The van der Waals surface area contributed by atoms with Crippen molar-refractivity contribution in [3.63, 3.8) is 0 Å². The fourth-order valence-corrected chi connectivity index (χ4v) is 4.79. The van der Waals surface area contributed by atoms with Crippen molar-refractivity contribution in [3.05, 3.63) is 64.9 Å². The summed E-state index contributed by atoms with van der Waals surface area (Å²) in [5, 5.41) is 1.05. The van der Waals surface area contributed by atoms with E-state index in [-0.39, 0.29) is 30.0 Å². The number of carbonyl (C=O) groups is 1. The summed E-state index contributed by atoms with van der Waals surface area (Å²) in [6.45, 7) is 2.24. The van der Waals surface area contributed by atoms with Gasteiger partial charge < -0.3 is 15.5 Å². The van der Waals surface area contributed by atoms with Crippen LogP contribution in [0.15, 0.2) is 36.5 Å².